The van der Waals surface area contributed by atoms with Gasteiger partial charge in [0.15, 0.2) is 5.78 Å². The van der Waals surface area contributed by atoms with Crippen molar-refractivity contribution in [2.24, 2.45) is 0 Å². The lowest BCUT2D eigenvalue weighted by Gasteiger charge is -2.30. The second-order valence-corrected chi connectivity index (χ2v) is 9.33. The van der Waals surface area contributed by atoms with Gasteiger partial charge in [-0.3, -0.25) is 0 Å². The quantitative estimate of drug-likeness (QED) is 0.245. The summed E-state index contributed by atoms with van der Waals surface area (Å²) >= 11 is 0. The minimum atomic E-state index is -3.98. The first kappa shape index (κ1) is 23.3. The molecule has 174 valence electrons. The molecule has 34 heavy (non-hydrogen) atoms. The van der Waals surface area contributed by atoms with Crippen LogP contribution in [0.25, 0.3) is 0 Å². The number of anilines is 1. The zero-order valence-electron chi connectivity index (χ0n) is 19.0. The van der Waals surface area contributed by atoms with E-state index in [0.29, 0.717) is 28.6 Å². The van der Waals surface area contributed by atoms with Gasteiger partial charge in [0.1, 0.15) is 23.0 Å². The average Bonchev–Trinajstić information content (AvgIpc) is 2.88. The van der Waals surface area contributed by atoms with E-state index in [1.807, 2.05) is 66.7 Å². The molecule has 0 spiro atoms. The number of methoxy groups -OCH3 is 2. The SMILES string of the molecule is COc1ccc(OC)c(C(Nc2ccccc2)P(=O)(Oc2ccccc2)Oc2ccccc2)c1. The second kappa shape index (κ2) is 10.8. The van der Waals surface area contributed by atoms with E-state index in [-0.39, 0.29) is 0 Å². The fraction of sp³-hybridized carbons (Fsp3) is 0.111. The van der Waals surface area contributed by atoms with Crippen LogP contribution < -0.4 is 23.8 Å². The molecule has 0 saturated carbocycles. The van der Waals surface area contributed by atoms with Crippen molar-refractivity contribution in [2.75, 3.05) is 19.5 Å². The van der Waals surface area contributed by atoms with Crippen molar-refractivity contribution in [1.29, 1.82) is 0 Å². The molecule has 0 aliphatic rings. The molecule has 4 aromatic carbocycles. The molecule has 0 heterocycles. The Kier molecular flexibility index (Phi) is 7.41. The summed E-state index contributed by atoms with van der Waals surface area (Å²) in [7, 11) is -0.841. The van der Waals surface area contributed by atoms with Crippen LogP contribution in [0.5, 0.6) is 23.0 Å². The molecule has 0 aliphatic heterocycles. The highest BCUT2D eigenvalue weighted by Gasteiger charge is 2.43. The van der Waals surface area contributed by atoms with Gasteiger partial charge in [-0.15, -0.1) is 0 Å². The van der Waals surface area contributed by atoms with Crippen molar-refractivity contribution in [3.63, 3.8) is 0 Å². The summed E-state index contributed by atoms with van der Waals surface area (Å²) in [5, 5.41) is 3.35. The zero-order chi connectivity index (χ0) is 23.8. The van der Waals surface area contributed by atoms with Crippen LogP contribution in [0.1, 0.15) is 11.3 Å². The van der Waals surface area contributed by atoms with Gasteiger partial charge < -0.3 is 23.8 Å². The third kappa shape index (κ3) is 5.53. The lowest BCUT2D eigenvalue weighted by Crippen LogP contribution is -2.19. The predicted octanol–water partition coefficient (Wildman–Crippen LogP) is 7.17. The highest BCUT2D eigenvalue weighted by atomic mass is 31.2. The Morgan fingerprint density at radius 2 is 1.18 bits per heavy atom. The molecule has 0 radical (unpaired) electrons. The third-order valence-corrected chi connectivity index (χ3v) is 7.05. The maximum Gasteiger partial charge on any atom is 0.457 e. The molecule has 0 aliphatic carbocycles. The van der Waals surface area contributed by atoms with Crippen molar-refractivity contribution < 1.29 is 23.1 Å². The lowest BCUT2D eigenvalue weighted by atomic mass is 10.1. The molecular weight excluding hydrogens is 449 g/mol. The van der Waals surface area contributed by atoms with Crippen LogP contribution in [0, 0.1) is 0 Å². The van der Waals surface area contributed by atoms with E-state index in [2.05, 4.69) is 5.32 Å². The molecule has 0 fully saturated rings. The highest BCUT2D eigenvalue weighted by Crippen LogP contribution is 2.61. The van der Waals surface area contributed by atoms with Gasteiger partial charge in [-0.1, -0.05) is 54.6 Å². The Balaban J connectivity index is 1.87. The fourth-order valence-electron chi connectivity index (χ4n) is 3.45. The van der Waals surface area contributed by atoms with E-state index in [0.717, 1.165) is 5.69 Å². The molecule has 1 N–H and O–H groups in total. The number of nitrogens with one attached hydrogen (secondary N) is 1. The van der Waals surface area contributed by atoms with E-state index >= 15 is 0 Å². The maximum atomic E-state index is 14.7. The summed E-state index contributed by atoms with van der Waals surface area (Å²) in [5.41, 5.74) is 1.31. The third-order valence-electron chi connectivity index (χ3n) is 5.08. The van der Waals surface area contributed by atoms with Gasteiger partial charge >= 0.3 is 7.60 Å². The molecule has 7 heteroatoms. The summed E-state index contributed by atoms with van der Waals surface area (Å²) in [6.45, 7) is 0. The maximum absolute atomic E-state index is 14.7. The Hall–Kier alpha value is -3.89. The van der Waals surface area contributed by atoms with Gasteiger partial charge in [-0.2, -0.15) is 0 Å². The second-order valence-electron chi connectivity index (χ2n) is 7.37. The van der Waals surface area contributed by atoms with Crippen LogP contribution in [-0.2, 0) is 4.57 Å². The number of benzene rings is 4. The fourth-order valence-corrected chi connectivity index (χ4v) is 5.38. The molecule has 0 bridgehead atoms. The summed E-state index contributed by atoms with van der Waals surface area (Å²) in [5.74, 6) is 1.01. The molecule has 1 unspecified atom stereocenters. The largest absolute Gasteiger partial charge is 0.497 e. The van der Waals surface area contributed by atoms with Gasteiger partial charge in [-0.05, 0) is 54.6 Å². The number of ether oxygens (including phenoxy) is 2. The van der Waals surface area contributed by atoms with Crippen LogP contribution in [0.3, 0.4) is 0 Å². The van der Waals surface area contributed by atoms with Crippen LogP contribution in [0.4, 0.5) is 5.69 Å². The Morgan fingerprint density at radius 1 is 0.647 bits per heavy atom. The number of hydrogen-bond donors (Lipinski definition) is 1. The number of hydrogen-bond acceptors (Lipinski definition) is 6. The normalized spacial score (nSPS) is 11.8. The topological polar surface area (TPSA) is 66.0 Å². The van der Waals surface area contributed by atoms with Crippen molar-refractivity contribution in [3.05, 3.63) is 115 Å². The smallest absolute Gasteiger partial charge is 0.457 e. The Morgan fingerprint density at radius 3 is 1.68 bits per heavy atom. The van der Waals surface area contributed by atoms with E-state index in [1.54, 1.807) is 56.7 Å². The van der Waals surface area contributed by atoms with Crippen LogP contribution in [0.15, 0.2) is 109 Å². The van der Waals surface area contributed by atoms with Crippen molar-refractivity contribution >= 4 is 13.3 Å². The van der Waals surface area contributed by atoms with Crippen molar-refractivity contribution in [3.8, 4) is 23.0 Å². The summed E-state index contributed by atoms with van der Waals surface area (Å²) in [6.07, 6.45) is 0. The highest BCUT2D eigenvalue weighted by molar-refractivity contribution is 7.55. The molecular formula is C27H26NO5P. The minimum absolute atomic E-state index is 0.420. The van der Waals surface area contributed by atoms with Crippen molar-refractivity contribution in [2.45, 2.75) is 5.78 Å². The van der Waals surface area contributed by atoms with Gasteiger partial charge in [0.05, 0.1) is 14.2 Å². The first-order valence-corrected chi connectivity index (χ1v) is 12.3. The van der Waals surface area contributed by atoms with Gasteiger partial charge in [0, 0.05) is 11.3 Å². The van der Waals surface area contributed by atoms with Crippen molar-refractivity contribution in [1.82, 2.24) is 0 Å². The summed E-state index contributed by atoms with van der Waals surface area (Å²) < 4.78 is 38.1. The Labute approximate surface area is 199 Å². The molecule has 0 aromatic heterocycles. The minimum Gasteiger partial charge on any atom is -0.497 e. The molecule has 4 aromatic rings. The summed E-state index contributed by atoms with van der Waals surface area (Å²) in [6, 6.07) is 32.7. The van der Waals surface area contributed by atoms with Gasteiger partial charge in [-0.25, -0.2) is 4.57 Å². The number of rotatable bonds is 10. The van der Waals surface area contributed by atoms with E-state index in [9.17, 15) is 4.57 Å². The van der Waals surface area contributed by atoms with Crippen LogP contribution >= 0.6 is 7.60 Å². The molecule has 4 rings (SSSR count). The summed E-state index contributed by atoms with van der Waals surface area (Å²) in [4.78, 5) is 0. The molecule has 1 atom stereocenters. The van der Waals surface area contributed by atoms with E-state index < -0.39 is 13.4 Å². The standard InChI is InChI=1S/C27H26NO5P/c1-30-24-18-19-26(31-2)25(20-24)27(28-21-12-6-3-7-13-21)34(29,32-22-14-8-4-9-15-22)33-23-16-10-5-11-17-23/h3-20,27-28H,1-2H3. The molecule has 6 nitrogen and oxygen atoms in total. The average molecular weight is 475 g/mol. The molecule has 0 saturated heterocycles. The lowest BCUT2D eigenvalue weighted by molar-refractivity contribution is 0.369. The number of para-hydroxylation sites is 3. The van der Waals surface area contributed by atoms with Gasteiger partial charge in [0.25, 0.3) is 0 Å². The first-order valence-electron chi connectivity index (χ1n) is 10.7. The van der Waals surface area contributed by atoms with E-state index in [1.165, 1.54) is 0 Å². The zero-order valence-corrected chi connectivity index (χ0v) is 19.9. The first-order chi connectivity index (χ1) is 16.6. The van der Waals surface area contributed by atoms with Gasteiger partial charge in [0.2, 0.25) is 0 Å². The monoisotopic (exact) mass is 475 g/mol. The molecule has 0 amide bonds. The Bertz CT molecular complexity index is 1190. The predicted molar refractivity (Wildman–Crippen MR) is 134 cm³/mol. The van der Waals surface area contributed by atoms with E-state index in [4.69, 9.17) is 18.5 Å². The van der Waals surface area contributed by atoms with Crippen LogP contribution in [0.2, 0.25) is 0 Å². The van der Waals surface area contributed by atoms with Crippen LogP contribution in [-0.4, -0.2) is 14.2 Å².